The zero-order valence-electron chi connectivity index (χ0n) is 12.8. The van der Waals surface area contributed by atoms with Crippen LogP contribution in [0.1, 0.15) is 16.1 Å². The molecule has 1 aromatic carbocycles. The van der Waals surface area contributed by atoms with Gasteiger partial charge in [-0.1, -0.05) is 6.07 Å². The summed E-state index contributed by atoms with van der Waals surface area (Å²) in [6.45, 7) is 0.202. The fourth-order valence-corrected chi connectivity index (χ4v) is 2.93. The number of rotatable bonds is 5. The maximum Gasteiger partial charge on any atom is 0.251 e. The molecule has 0 unspecified atom stereocenters. The first-order valence-electron chi connectivity index (χ1n) is 7.14. The minimum Gasteiger partial charge on any atom is -0.494 e. The average molecular weight is 343 g/mol. The first-order chi connectivity index (χ1) is 11.7. The number of halogens is 1. The third kappa shape index (κ3) is 3.41. The highest BCUT2D eigenvalue weighted by atomic mass is 32.1. The quantitative estimate of drug-likeness (QED) is 0.772. The van der Waals surface area contributed by atoms with Crippen molar-refractivity contribution in [2.75, 3.05) is 7.11 Å². The van der Waals surface area contributed by atoms with Crippen molar-refractivity contribution in [3.63, 3.8) is 0 Å². The highest BCUT2D eigenvalue weighted by Crippen LogP contribution is 2.24. The van der Waals surface area contributed by atoms with Gasteiger partial charge in [0.05, 0.1) is 24.2 Å². The SMILES string of the molecule is COc1ccc(C(=O)NCc2nccnc2-c2cccs2)cc1F. The van der Waals surface area contributed by atoms with Gasteiger partial charge >= 0.3 is 0 Å². The second kappa shape index (κ2) is 7.18. The summed E-state index contributed by atoms with van der Waals surface area (Å²) in [5, 5.41) is 4.69. The molecule has 122 valence electrons. The Balaban J connectivity index is 1.74. The van der Waals surface area contributed by atoms with Gasteiger partial charge in [-0.15, -0.1) is 11.3 Å². The molecule has 3 rings (SSSR count). The summed E-state index contributed by atoms with van der Waals surface area (Å²) in [6, 6.07) is 7.94. The smallest absolute Gasteiger partial charge is 0.251 e. The molecule has 0 bridgehead atoms. The second-order valence-electron chi connectivity index (χ2n) is 4.86. The lowest BCUT2D eigenvalue weighted by Crippen LogP contribution is -2.24. The van der Waals surface area contributed by atoms with Gasteiger partial charge < -0.3 is 10.1 Å². The standard InChI is InChI=1S/C17H14FN3O2S/c1-23-14-5-4-11(9-12(14)18)17(22)21-10-13-16(20-7-6-19-13)15-3-2-8-24-15/h2-9H,10H2,1H3,(H,21,22). The van der Waals surface area contributed by atoms with E-state index in [1.54, 1.807) is 23.7 Å². The Kier molecular flexibility index (Phi) is 4.81. The van der Waals surface area contributed by atoms with Gasteiger partial charge in [0.25, 0.3) is 5.91 Å². The normalized spacial score (nSPS) is 10.4. The molecule has 0 aliphatic heterocycles. The Bertz CT molecular complexity index is 853. The molecule has 1 N–H and O–H groups in total. The molecule has 0 aliphatic carbocycles. The van der Waals surface area contributed by atoms with Gasteiger partial charge in [0.2, 0.25) is 0 Å². The van der Waals surface area contributed by atoms with Crippen LogP contribution in [-0.2, 0) is 6.54 Å². The van der Waals surface area contributed by atoms with Crippen LogP contribution in [0, 0.1) is 5.82 Å². The maximum atomic E-state index is 13.7. The predicted octanol–water partition coefficient (Wildman–Crippen LogP) is 3.28. The number of methoxy groups -OCH3 is 1. The van der Waals surface area contributed by atoms with E-state index in [2.05, 4.69) is 15.3 Å². The van der Waals surface area contributed by atoms with E-state index in [0.717, 1.165) is 16.6 Å². The summed E-state index contributed by atoms with van der Waals surface area (Å²) >= 11 is 1.55. The molecule has 0 saturated heterocycles. The molecular weight excluding hydrogens is 329 g/mol. The van der Waals surface area contributed by atoms with E-state index in [1.165, 1.54) is 19.2 Å². The van der Waals surface area contributed by atoms with Crippen molar-refractivity contribution in [2.45, 2.75) is 6.54 Å². The van der Waals surface area contributed by atoms with Gasteiger partial charge in [-0.05, 0) is 29.6 Å². The zero-order valence-corrected chi connectivity index (χ0v) is 13.6. The van der Waals surface area contributed by atoms with E-state index in [0.29, 0.717) is 5.69 Å². The van der Waals surface area contributed by atoms with Crippen LogP contribution in [0.3, 0.4) is 0 Å². The van der Waals surface area contributed by atoms with Crippen LogP contribution in [0.5, 0.6) is 5.75 Å². The number of nitrogens with one attached hydrogen (secondary N) is 1. The minimum atomic E-state index is -0.580. The lowest BCUT2D eigenvalue weighted by molar-refractivity contribution is 0.0950. The lowest BCUT2D eigenvalue weighted by atomic mass is 10.2. The Morgan fingerprint density at radius 2 is 2.12 bits per heavy atom. The summed E-state index contributed by atoms with van der Waals surface area (Å²) < 4.78 is 18.5. The Labute approximate surface area is 142 Å². The molecule has 2 heterocycles. The molecule has 5 nitrogen and oxygen atoms in total. The van der Waals surface area contributed by atoms with Crippen molar-refractivity contribution in [1.29, 1.82) is 0 Å². The van der Waals surface area contributed by atoms with Gasteiger partial charge in [0.15, 0.2) is 11.6 Å². The van der Waals surface area contributed by atoms with Crippen molar-refractivity contribution in [1.82, 2.24) is 15.3 Å². The van der Waals surface area contributed by atoms with Gasteiger partial charge in [-0.3, -0.25) is 14.8 Å². The van der Waals surface area contributed by atoms with Gasteiger partial charge in [0.1, 0.15) is 5.69 Å². The number of ether oxygens (including phenoxy) is 1. The predicted molar refractivity (Wildman–Crippen MR) is 89.5 cm³/mol. The Morgan fingerprint density at radius 1 is 1.29 bits per heavy atom. The highest BCUT2D eigenvalue weighted by molar-refractivity contribution is 7.13. The van der Waals surface area contributed by atoms with Crippen LogP contribution in [0.4, 0.5) is 4.39 Å². The number of nitrogens with zero attached hydrogens (tertiary/aromatic N) is 2. The molecule has 0 radical (unpaired) electrons. The van der Waals surface area contributed by atoms with Gasteiger partial charge in [-0.2, -0.15) is 0 Å². The monoisotopic (exact) mass is 343 g/mol. The molecule has 0 aliphatic rings. The number of carbonyl (C=O) groups excluding carboxylic acids is 1. The van der Waals surface area contributed by atoms with Crippen LogP contribution in [0.25, 0.3) is 10.6 Å². The third-order valence-corrected chi connectivity index (χ3v) is 4.24. The van der Waals surface area contributed by atoms with Crippen molar-refractivity contribution in [3.05, 3.63) is 65.2 Å². The molecular formula is C17H14FN3O2S. The van der Waals surface area contributed by atoms with E-state index in [9.17, 15) is 9.18 Å². The minimum absolute atomic E-state index is 0.0976. The number of thiophene rings is 1. The number of carbonyl (C=O) groups is 1. The fourth-order valence-electron chi connectivity index (χ4n) is 2.19. The van der Waals surface area contributed by atoms with Crippen molar-refractivity contribution >= 4 is 17.2 Å². The molecule has 0 saturated carbocycles. The van der Waals surface area contributed by atoms with Crippen molar-refractivity contribution in [2.24, 2.45) is 0 Å². The first kappa shape index (κ1) is 16.1. The Hall–Kier alpha value is -2.80. The van der Waals surface area contributed by atoms with Crippen LogP contribution in [-0.4, -0.2) is 23.0 Å². The van der Waals surface area contributed by atoms with Crippen LogP contribution in [0.2, 0.25) is 0 Å². The number of hydrogen-bond donors (Lipinski definition) is 1. The summed E-state index contributed by atoms with van der Waals surface area (Å²) in [6.07, 6.45) is 3.19. The zero-order chi connectivity index (χ0) is 16.9. The summed E-state index contributed by atoms with van der Waals surface area (Å²) in [5.41, 5.74) is 1.60. The Morgan fingerprint density at radius 3 is 2.83 bits per heavy atom. The molecule has 3 aromatic rings. The average Bonchev–Trinajstić information content (AvgIpc) is 3.14. The van der Waals surface area contributed by atoms with Crippen LogP contribution in [0.15, 0.2) is 48.1 Å². The van der Waals surface area contributed by atoms with Crippen molar-refractivity contribution in [3.8, 4) is 16.3 Å². The van der Waals surface area contributed by atoms with E-state index in [-0.39, 0.29) is 23.8 Å². The van der Waals surface area contributed by atoms with E-state index in [1.807, 2.05) is 17.5 Å². The topological polar surface area (TPSA) is 64.1 Å². The van der Waals surface area contributed by atoms with E-state index < -0.39 is 5.82 Å². The van der Waals surface area contributed by atoms with E-state index in [4.69, 9.17) is 4.74 Å². The fraction of sp³-hybridized carbons (Fsp3) is 0.118. The largest absolute Gasteiger partial charge is 0.494 e. The summed E-state index contributed by atoms with van der Waals surface area (Å²) in [5.74, 6) is -0.872. The maximum absolute atomic E-state index is 13.7. The second-order valence-corrected chi connectivity index (χ2v) is 5.81. The number of aromatic nitrogens is 2. The first-order valence-corrected chi connectivity index (χ1v) is 8.02. The summed E-state index contributed by atoms with van der Waals surface area (Å²) in [7, 11) is 1.37. The number of amides is 1. The van der Waals surface area contributed by atoms with Gasteiger partial charge in [0, 0.05) is 18.0 Å². The van der Waals surface area contributed by atoms with Crippen LogP contribution < -0.4 is 10.1 Å². The van der Waals surface area contributed by atoms with Crippen molar-refractivity contribution < 1.29 is 13.9 Å². The molecule has 2 aromatic heterocycles. The molecule has 0 spiro atoms. The van der Waals surface area contributed by atoms with Crippen LogP contribution >= 0.6 is 11.3 Å². The number of hydrogen-bond acceptors (Lipinski definition) is 5. The lowest BCUT2D eigenvalue weighted by Gasteiger charge is -2.09. The van der Waals surface area contributed by atoms with E-state index >= 15 is 0 Å². The molecule has 7 heteroatoms. The number of benzene rings is 1. The summed E-state index contributed by atoms with van der Waals surface area (Å²) in [4.78, 5) is 21.8. The molecule has 24 heavy (non-hydrogen) atoms. The molecule has 0 atom stereocenters. The molecule has 1 amide bonds. The highest BCUT2D eigenvalue weighted by Gasteiger charge is 2.13. The third-order valence-electron chi connectivity index (χ3n) is 3.36. The van der Waals surface area contributed by atoms with Gasteiger partial charge in [-0.25, -0.2) is 4.39 Å². The molecule has 0 fully saturated rings.